The van der Waals surface area contributed by atoms with Crippen LogP contribution >= 0.6 is 0 Å². The summed E-state index contributed by atoms with van der Waals surface area (Å²) in [4.78, 5) is 26.2. The normalized spacial score (nSPS) is 21.3. The predicted molar refractivity (Wildman–Crippen MR) is 79.6 cm³/mol. The van der Waals surface area contributed by atoms with Gasteiger partial charge in [-0.1, -0.05) is 13.8 Å². The van der Waals surface area contributed by atoms with E-state index in [4.69, 9.17) is 4.42 Å². The number of nitrogens with zero attached hydrogens (tertiary/aromatic N) is 1. The highest BCUT2D eigenvalue weighted by atomic mass is 16.3. The molecule has 1 saturated heterocycles. The Bertz CT molecular complexity index is 482. The van der Waals surface area contributed by atoms with E-state index in [2.05, 4.69) is 5.32 Å². The first-order valence-electron chi connectivity index (χ1n) is 7.61. The molecule has 2 amide bonds. The standard InChI is InChI=1S/C16H24N2O3/c1-11(2)15-16(20)18(9-8-14(19)17-15)12(3)6-7-13-5-4-10-21-13/h4-5,10-12,15H,6-9H2,1-3H3,(H,17,19). The molecule has 1 aromatic rings. The number of aryl methyl sites for hydroxylation is 1. The fraction of sp³-hybridized carbons (Fsp3) is 0.625. The summed E-state index contributed by atoms with van der Waals surface area (Å²) in [5.41, 5.74) is 0. The largest absolute Gasteiger partial charge is 0.469 e. The van der Waals surface area contributed by atoms with Gasteiger partial charge in [-0.15, -0.1) is 0 Å². The number of amides is 2. The van der Waals surface area contributed by atoms with Crippen molar-refractivity contribution in [2.75, 3.05) is 6.54 Å². The number of hydrogen-bond donors (Lipinski definition) is 1. The maximum absolute atomic E-state index is 12.6. The second kappa shape index (κ2) is 6.78. The van der Waals surface area contributed by atoms with E-state index in [0.717, 1.165) is 18.6 Å². The third-order valence-electron chi connectivity index (χ3n) is 4.03. The first-order chi connectivity index (χ1) is 9.99. The van der Waals surface area contributed by atoms with Crippen molar-refractivity contribution in [3.8, 4) is 0 Å². The molecule has 21 heavy (non-hydrogen) atoms. The van der Waals surface area contributed by atoms with Gasteiger partial charge in [-0.25, -0.2) is 0 Å². The summed E-state index contributed by atoms with van der Waals surface area (Å²) in [6.45, 7) is 6.45. The lowest BCUT2D eigenvalue weighted by molar-refractivity contribution is -0.136. The van der Waals surface area contributed by atoms with E-state index in [9.17, 15) is 9.59 Å². The molecule has 5 nitrogen and oxygen atoms in total. The molecule has 5 heteroatoms. The van der Waals surface area contributed by atoms with Crippen LogP contribution in [0.25, 0.3) is 0 Å². The van der Waals surface area contributed by atoms with Crippen LogP contribution in [0.1, 0.15) is 39.4 Å². The molecular weight excluding hydrogens is 268 g/mol. The molecule has 0 aliphatic carbocycles. The van der Waals surface area contributed by atoms with Gasteiger partial charge in [0.2, 0.25) is 11.8 Å². The van der Waals surface area contributed by atoms with Gasteiger partial charge in [-0.3, -0.25) is 9.59 Å². The quantitative estimate of drug-likeness (QED) is 0.902. The lowest BCUT2D eigenvalue weighted by Crippen LogP contribution is -2.50. The zero-order valence-corrected chi connectivity index (χ0v) is 13.0. The summed E-state index contributed by atoms with van der Waals surface area (Å²) in [6, 6.07) is 3.50. The molecular formula is C16H24N2O3. The van der Waals surface area contributed by atoms with E-state index < -0.39 is 6.04 Å². The molecule has 0 saturated carbocycles. The summed E-state index contributed by atoms with van der Waals surface area (Å²) in [5, 5.41) is 2.83. The van der Waals surface area contributed by atoms with Gasteiger partial charge in [-0.05, 0) is 31.4 Å². The van der Waals surface area contributed by atoms with Crippen molar-refractivity contribution in [2.24, 2.45) is 5.92 Å². The molecule has 2 atom stereocenters. The van der Waals surface area contributed by atoms with Crippen molar-refractivity contribution < 1.29 is 14.0 Å². The maximum Gasteiger partial charge on any atom is 0.245 e. The highest BCUT2D eigenvalue weighted by Gasteiger charge is 2.33. The van der Waals surface area contributed by atoms with Crippen LogP contribution < -0.4 is 5.32 Å². The van der Waals surface area contributed by atoms with Crippen molar-refractivity contribution in [1.29, 1.82) is 0 Å². The minimum Gasteiger partial charge on any atom is -0.469 e. The van der Waals surface area contributed by atoms with Gasteiger partial charge in [0, 0.05) is 25.4 Å². The summed E-state index contributed by atoms with van der Waals surface area (Å²) in [6.07, 6.45) is 3.67. The van der Waals surface area contributed by atoms with Crippen LogP contribution in [0.2, 0.25) is 0 Å². The average molecular weight is 292 g/mol. The molecule has 0 bridgehead atoms. The van der Waals surface area contributed by atoms with Gasteiger partial charge >= 0.3 is 0 Å². The van der Waals surface area contributed by atoms with Crippen LogP contribution in [0, 0.1) is 5.92 Å². The fourth-order valence-electron chi connectivity index (χ4n) is 2.67. The van der Waals surface area contributed by atoms with Gasteiger partial charge in [0.15, 0.2) is 0 Å². The van der Waals surface area contributed by atoms with Crippen LogP contribution in [-0.2, 0) is 16.0 Å². The van der Waals surface area contributed by atoms with Gasteiger partial charge in [0.25, 0.3) is 0 Å². The van der Waals surface area contributed by atoms with Gasteiger partial charge < -0.3 is 14.6 Å². The van der Waals surface area contributed by atoms with E-state index in [1.165, 1.54) is 0 Å². The minimum atomic E-state index is -0.411. The molecule has 0 aromatic carbocycles. The third kappa shape index (κ3) is 3.86. The lowest BCUT2D eigenvalue weighted by atomic mass is 10.0. The monoisotopic (exact) mass is 292 g/mol. The second-order valence-electron chi connectivity index (χ2n) is 6.04. The Balaban J connectivity index is 2.01. The van der Waals surface area contributed by atoms with Crippen molar-refractivity contribution in [2.45, 2.75) is 52.1 Å². The molecule has 0 radical (unpaired) electrons. The smallest absolute Gasteiger partial charge is 0.245 e. The molecule has 0 spiro atoms. The fourth-order valence-corrected chi connectivity index (χ4v) is 2.67. The molecule has 2 rings (SSSR count). The van der Waals surface area contributed by atoms with Crippen LogP contribution in [0.4, 0.5) is 0 Å². The Kier molecular flexibility index (Phi) is 5.04. The number of nitrogens with one attached hydrogen (secondary N) is 1. The topological polar surface area (TPSA) is 62.6 Å². The average Bonchev–Trinajstić information content (AvgIpc) is 2.90. The van der Waals surface area contributed by atoms with E-state index in [1.807, 2.05) is 37.8 Å². The number of carbonyl (C=O) groups excluding carboxylic acids is 2. The van der Waals surface area contributed by atoms with E-state index >= 15 is 0 Å². The van der Waals surface area contributed by atoms with Gasteiger partial charge in [-0.2, -0.15) is 0 Å². The zero-order chi connectivity index (χ0) is 15.4. The van der Waals surface area contributed by atoms with Crippen LogP contribution in [0.15, 0.2) is 22.8 Å². The molecule has 1 N–H and O–H groups in total. The minimum absolute atomic E-state index is 0.0304. The Hall–Kier alpha value is -1.78. The van der Waals surface area contributed by atoms with Crippen molar-refractivity contribution >= 4 is 11.8 Å². The SMILES string of the molecule is CC(C)C1NC(=O)CCN(C(C)CCc2ccco2)C1=O. The molecule has 116 valence electrons. The maximum atomic E-state index is 12.6. The predicted octanol–water partition coefficient (Wildman–Crippen LogP) is 1.97. The van der Waals surface area contributed by atoms with Crippen LogP contribution in [0.5, 0.6) is 0 Å². The third-order valence-corrected chi connectivity index (χ3v) is 4.03. The first kappa shape index (κ1) is 15.6. The van der Waals surface area contributed by atoms with E-state index in [1.54, 1.807) is 6.26 Å². The highest BCUT2D eigenvalue weighted by molar-refractivity contribution is 5.90. The number of rotatable bonds is 5. The molecule has 1 aromatic heterocycles. The molecule has 1 aliphatic heterocycles. The van der Waals surface area contributed by atoms with Crippen molar-refractivity contribution in [3.63, 3.8) is 0 Å². The summed E-state index contributed by atoms with van der Waals surface area (Å²) >= 11 is 0. The van der Waals surface area contributed by atoms with E-state index in [-0.39, 0.29) is 23.8 Å². The van der Waals surface area contributed by atoms with Crippen molar-refractivity contribution in [3.05, 3.63) is 24.2 Å². The van der Waals surface area contributed by atoms with E-state index in [0.29, 0.717) is 13.0 Å². The van der Waals surface area contributed by atoms with Gasteiger partial charge in [0.05, 0.1) is 6.26 Å². The summed E-state index contributed by atoms with van der Waals surface area (Å²) < 4.78 is 5.33. The Labute approximate surface area is 125 Å². The molecule has 1 aliphatic rings. The van der Waals surface area contributed by atoms with Gasteiger partial charge in [0.1, 0.15) is 11.8 Å². The number of hydrogen-bond acceptors (Lipinski definition) is 3. The summed E-state index contributed by atoms with van der Waals surface area (Å²) in [7, 11) is 0. The number of carbonyl (C=O) groups is 2. The Morgan fingerprint density at radius 2 is 2.14 bits per heavy atom. The highest BCUT2D eigenvalue weighted by Crippen LogP contribution is 2.17. The molecule has 2 unspecified atom stereocenters. The summed E-state index contributed by atoms with van der Waals surface area (Å²) in [5.74, 6) is 1.02. The van der Waals surface area contributed by atoms with Crippen LogP contribution in [-0.4, -0.2) is 35.3 Å². The second-order valence-corrected chi connectivity index (χ2v) is 6.04. The molecule has 2 heterocycles. The molecule has 1 fully saturated rings. The lowest BCUT2D eigenvalue weighted by Gasteiger charge is -2.31. The van der Waals surface area contributed by atoms with Crippen molar-refractivity contribution in [1.82, 2.24) is 10.2 Å². The first-order valence-corrected chi connectivity index (χ1v) is 7.61. The van der Waals surface area contributed by atoms with Crippen LogP contribution in [0.3, 0.4) is 0 Å². The Morgan fingerprint density at radius 1 is 1.38 bits per heavy atom. The Morgan fingerprint density at radius 3 is 2.76 bits per heavy atom. The number of furan rings is 1. The zero-order valence-electron chi connectivity index (χ0n) is 13.0.